The first kappa shape index (κ1) is 14.9. The molecule has 108 valence electrons. The highest BCUT2D eigenvalue weighted by atomic mass is 19.4. The van der Waals surface area contributed by atoms with E-state index in [2.05, 4.69) is 13.0 Å². The maximum atomic E-state index is 12.5. The summed E-state index contributed by atoms with van der Waals surface area (Å²) in [5.41, 5.74) is -0.217. The van der Waals surface area contributed by atoms with E-state index >= 15 is 0 Å². The lowest BCUT2D eigenvalue weighted by Gasteiger charge is -2.33. The zero-order valence-corrected chi connectivity index (χ0v) is 11.5. The summed E-state index contributed by atoms with van der Waals surface area (Å²) in [6.45, 7) is 2.18. The molecule has 0 aliphatic heterocycles. The minimum atomic E-state index is -4.30. The third-order valence-corrected chi connectivity index (χ3v) is 4.29. The van der Waals surface area contributed by atoms with Crippen LogP contribution in [0.3, 0.4) is 0 Å². The van der Waals surface area contributed by atoms with E-state index in [1.807, 2.05) is 0 Å². The van der Waals surface area contributed by atoms with Crippen LogP contribution in [-0.2, 0) is 12.6 Å². The Kier molecular flexibility index (Phi) is 4.08. The average Bonchev–Trinajstić information content (AvgIpc) is 2.41. The first-order valence-corrected chi connectivity index (χ1v) is 6.92. The predicted molar refractivity (Wildman–Crippen MR) is 70.8 cm³/mol. The van der Waals surface area contributed by atoms with Gasteiger partial charge in [0.25, 0.3) is 0 Å². The van der Waals surface area contributed by atoms with Crippen LogP contribution in [0.5, 0.6) is 0 Å². The molecule has 0 radical (unpaired) electrons. The van der Waals surface area contributed by atoms with E-state index in [-0.39, 0.29) is 0 Å². The number of nitrogens with zero attached hydrogens (tertiary/aromatic N) is 1. The maximum Gasteiger partial charge on any atom is 0.416 e. The molecule has 2 rings (SSSR count). The summed E-state index contributed by atoms with van der Waals surface area (Å²) in [5, 5.41) is 9.44. The highest BCUT2D eigenvalue weighted by Gasteiger charge is 2.35. The van der Waals surface area contributed by atoms with Crippen molar-refractivity contribution in [2.24, 2.45) is 11.3 Å². The topological polar surface area (TPSA) is 23.8 Å². The fourth-order valence-electron chi connectivity index (χ4n) is 2.85. The van der Waals surface area contributed by atoms with Gasteiger partial charge in [0.05, 0.1) is 17.0 Å². The summed E-state index contributed by atoms with van der Waals surface area (Å²) in [6.07, 6.45) is -0.0279. The smallest absolute Gasteiger partial charge is 0.198 e. The molecule has 0 bridgehead atoms. The molecule has 1 aromatic rings. The Morgan fingerprint density at radius 1 is 1.20 bits per heavy atom. The van der Waals surface area contributed by atoms with Gasteiger partial charge in [-0.3, -0.25) is 0 Å². The van der Waals surface area contributed by atoms with Gasteiger partial charge in [-0.05, 0) is 55.7 Å². The Bertz CT molecular complexity index is 488. The Balaban J connectivity index is 2.11. The number of nitriles is 1. The molecule has 1 aliphatic carbocycles. The Labute approximate surface area is 117 Å². The lowest BCUT2D eigenvalue weighted by atomic mass is 9.69. The van der Waals surface area contributed by atoms with Crippen LogP contribution in [0.4, 0.5) is 13.2 Å². The average molecular weight is 281 g/mol. The normalized spacial score (nSPS) is 27.1. The summed E-state index contributed by atoms with van der Waals surface area (Å²) in [7, 11) is 0. The van der Waals surface area contributed by atoms with Gasteiger partial charge in [0.15, 0.2) is 0 Å². The minimum absolute atomic E-state index is 0.397. The van der Waals surface area contributed by atoms with E-state index in [9.17, 15) is 18.4 Å². The van der Waals surface area contributed by atoms with Crippen LogP contribution in [0, 0.1) is 22.7 Å². The molecule has 0 amide bonds. The monoisotopic (exact) mass is 281 g/mol. The van der Waals surface area contributed by atoms with Gasteiger partial charge in [0, 0.05) is 0 Å². The van der Waals surface area contributed by atoms with Crippen molar-refractivity contribution in [2.45, 2.75) is 45.2 Å². The molecule has 1 saturated carbocycles. The van der Waals surface area contributed by atoms with Crippen LogP contribution >= 0.6 is 0 Å². The zero-order chi connectivity index (χ0) is 14.8. The van der Waals surface area contributed by atoms with Gasteiger partial charge >= 0.3 is 6.18 Å². The first-order valence-electron chi connectivity index (χ1n) is 6.92. The molecule has 4 heteroatoms. The van der Waals surface area contributed by atoms with Gasteiger partial charge in [-0.15, -0.1) is 0 Å². The maximum absolute atomic E-state index is 12.5. The fraction of sp³-hybridized carbons (Fsp3) is 0.562. The van der Waals surface area contributed by atoms with Crippen molar-refractivity contribution in [1.29, 1.82) is 5.26 Å². The molecule has 0 spiro atoms. The van der Waals surface area contributed by atoms with E-state index < -0.39 is 17.2 Å². The van der Waals surface area contributed by atoms with Crippen LogP contribution in [0.15, 0.2) is 24.3 Å². The Hall–Kier alpha value is -1.50. The largest absolute Gasteiger partial charge is 0.416 e. The second-order valence-electron chi connectivity index (χ2n) is 5.95. The van der Waals surface area contributed by atoms with E-state index in [1.54, 1.807) is 0 Å². The molecule has 0 N–H and O–H groups in total. The van der Waals surface area contributed by atoms with Crippen molar-refractivity contribution in [3.8, 4) is 6.07 Å². The SMILES string of the molecule is CC1CCC(C#N)(Cc2ccc(C(F)(F)F)cc2)CC1. The van der Waals surface area contributed by atoms with Crippen molar-refractivity contribution < 1.29 is 13.2 Å². The van der Waals surface area contributed by atoms with Gasteiger partial charge in [-0.2, -0.15) is 18.4 Å². The summed E-state index contributed by atoms with van der Waals surface area (Å²) < 4.78 is 37.5. The molecule has 1 nitrogen and oxygen atoms in total. The third kappa shape index (κ3) is 3.33. The van der Waals surface area contributed by atoms with Crippen LogP contribution in [0.1, 0.15) is 43.7 Å². The Morgan fingerprint density at radius 2 is 1.75 bits per heavy atom. The molecule has 0 unspecified atom stereocenters. The summed E-state index contributed by atoms with van der Waals surface area (Å²) >= 11 is 0. The molecule has 20 heavy (non-hydrogen) atoms. The van der Waals surface area contributed by atoms with Gasteiger partial charge in [-0.25, -0.2) is 0 Å². The van der Waals surface area contributed by atoms with Gasteiger partial charge in [-0.1, -0.05) is 19.1 Å². The van der Waals surface area contributed by atoms with E-state index in [4.69, 9.17) is 0 Å². The number of alkyl halides is 3. The summed E-state index contributed by atoms with van der Waals surface area (Å²) in [4.78, 5) is 0. The second kappa shape index (κ2) is 5.47. The molecule has 0 heterocycles. The molecule has 1 fully saturated rings. The van der Waals surface area contributed by atoms with Crippen LogP contribution in [-0.4, -0.2) is 0 Å². The van der Waals surface area contributed by atoms with E-state index in [1.165, 1.54) is 12.1 Å². The van der Waals surface area contributed by atoms with E-state index in [0.717, 1.165) is 43.4 Å². The summed E-state index contributed by atoms with van der Waals surface area (Å²) in [6, 6.07) is 7.62. The van der Waals surface area contributed by atoms with Gasteiger partial charge in [0.1, 0.15) is 0 Å². The molecule has 1 aromatic carbocycles. The van der Waals surface area contributed by atoms with Gasteiger partial charge in [0.2, 0.25) is 0 Å². The first-order chi connectivity index (χ1) is 9.35. The number of benzene rings is 1. The molecule has 0 aromatic heterocycles. The van der Waals surface area contributed by atoms with Crippen LogP contribution in [0.2, 0.25) is 0 Å². The summed E-state index contributed by atoms with van der Waals surface area (Å²) in [5.74, 6) is 0.643. The number of halogens is 3. The quantitative estimate of drug-likeness (QED) is 0.751. The minimum Gasteiger partial charge on any atom is -0.198 e. The molecule has 1 aliphatic rings. The lowest BCUT2D eigenvalue weighted by Crippen LogP contribution is -2.27. The zero-order valence-electron chi connectivity index (χ0n) is 11.5. The highest BCUT2D eigenvalue weighted by Crippen LogP contribution is 2.41. The number of hydrogen-bond acceptors (Lipinski definition) is 1. The molecule has 0 atom stereocenters. The van der Waals surface area contributed by atoms with Crippen molar-refractivity contribution >= 4 is 0 Å². The predicted octanol–water partition coefficient (Wildman–Crippen LogP) is 4.97. The lowest BCUT2D eigenvalue weighted by molar-refractivity contribution is -0.137. The number of rotatable bonds is 2. The van der Waals surface area contributed by atoms with E-state index in [0.29, 0.717) is 12.3 Å². The van der Waals surface area contributed by atoms with Crippen molar-refractivity contribution in [1.82, 2.24) is 0 Å². The van der Waals surface area contributed by atoms with Crippen LogP contribution < -0.4 is 0 Å². The molecular weight excluding hydrogens is 263 g/mol. The van der Waals surface area contributed by atoms with Crippen LogP contribution in [0.25, 0.3) is 0 Å². The standard InChI is InChI=1S/C16H18F3N/c1-12-6-8-15(11-20,9-7-12)10-13-2-4-14(5-3-13)16(17,18)19/h2-5,12H,6-10H2,1H3. The van der Waals surface area contributed by atoms with Crippen molar-refractivity contribution in [3.05, 3.63) is 35.4 Å². The highest BCUT2D eigenvalue weighted by molar-refractivity contribution is 5.26. The number of hydrogen-bond donors (Lipinski definition) is 0. The second-order valence-corrected chi connectivity index (χ2v) is 5.95. The fourth-order valence-corrected chi connectivity index (χ4v) is 2.85. The third-order valence-electron chi connectivity index (χ3n) is 4.29. The molecule has 0 saturated heterocycles. The van der Waals surface area contributed by atoms with Crippen molar-refractivity contribution in [3.63, 3.8) is 0 Å². The molecular formula is C16H18F3N. The Morgan fingerprint density at radius 3 is 2.20 bits per heavy atom. The van der Waals surface area contributed by atoms with Gasteiger partial charge < -0.3 is 0 Å². The van der Waals surface area contributed by atoms with Crippen molar-refractivity contribution in [2.75, 3.05) is 0 Å².